The maximum absolute atomic E-state index is 15.4. The van der Waals surface area contributed by atoms with Gasteiger partial charge in [-0.05, 0) is 19.1 Å². The van der Waals surface area contributed by atoms with Gasteiger partial charge in [-0.25, -0.2) is 87.8 Å². The van der Waals surface area contributed by atoms with Crippen molar-refractivity contribution in [1.29, 1.82) is 0 Å². The molecule has 0 unspecified atom stereocenters. The first kappa shape index (κ1) is 43.6. The van der Waals surface area contributed by atoms with E-state index in [4.69, 9.17) is 4.18 Å². The van der Waals surface area contributed by atoms with Crippen LogP contribution in [0.3, 0.4) is 0 Å². The molecule has 0 aliphatic carbocycles. The number of hydrogen-bond donors (Lipinski definition) is 0. The zero-order valence-electron chi connectivity index (χ0n) is 27.3. The van der Waals surface area contributed by atoms with Crippen LogP contribution in [0.5, 0.6) is 5.75 Å². The van der Waals surface area contributed by atoms with Crippen molar-refractivity contribution in [2.24, 2.45) is 0 Å². The lowest BCUT2D eigenvalue weighted by Crippen LogP contribution is -2.81. The van der Waals surface area contributed by atoms with Crippen LogP contribution >= 0.6 is 0 Å². The molecule has 0 radical (unpaired) electrons. The monoisotopic (exact) mass is 848 g/mol. The normalized spacial score (nSPS) is 11.6. The van der Waals surface area contributed by atoms with Gasteiger partial charge in [0.2, 0.25) is 0 Å². The van der Waals surface area contributed by atoms with Gasteiger partial charge in [0.15, 0.2) is 86.7 Å². The van der Waals surface area contributed by atoms with Crippen molar-refractivity contribution >= 4 is 39.2 Å². The zero-order chi connectivity index (χ0) is 42.6. The molecule has 56 heavy (non-hydrogen) atoms. The van der Waals surface area contributed by atoms with Crippen LogP contribution in [0, 0.1) is 123 Å². The molecular weight excluding hydrogens is 835 g/mol. The van der Waals surface area contributed by atoms with Crippen LogP contribution in [0.25, 0.3) is 0 Å². The number of aryl methyl sites for hydroxylation is 1. The van der Waals surface area contributed by atoms with Crippen molar-refractivity contribution in [3.05, 3.63) is 146 Å². The molecule has 0 atom stereocenters. The summed E-state index contributed by atoms with van der Waals surface area (Å²) in [6.07, 6.45) is -3.11. The van der Waals surface area contributed by atoms with Crippen LogP contribution in [0.1, 0.15) is 5.56 Å². The lowest BCUT2D eigenvalue weighted by atomic mass is 9.12. The van der Waals surface area contributed by atoms with Crippen LogP contribution in [0.2, 0.25) is 0 Å². The summed E-state index contributed by atoms with van der Waals surface area (Å²) in [6.45, 7) is 2.07. The molecule has 5 aromatic rings. The molecular formula is C33H13BF20OS. The van der Waals surface area contributed by atoms with E-state index in [1.54, 1.807) is 0 Å². The topological polar surface area (TPSA) is 9.23 Å². The third kappa shape index (κ3) is 6.76. The first-order valence-electron chi connectivity index (χ1n) is 14.4. The summed E-state index contributed by atoms with van der Waals surface area (Å²) in [5.74, 6) is -70.4. The Hall–Kier alpha value is -5.09. The van der Waals surface area contributed by atoms with Gasteiger partial charge < -0.3 is 0 Å². The molecule has 0 heterocycles. The van der Waals surface area contributed by atoms with Crippen molar-refractivity contribution < 1.29 is 92.0 Å². The van der Waals surface area contributed by atoms with Crippen molar-refractivity contribution in [3.8, 4) is 5.75 Å². The fourth-order valence-electron chi connectivity index (χ4n) is 5.66. The van der Waals surface area contributed by atoms with E-state index in [0.717, 1.165) is 5.75 Å². The Bertz CT molecular complexity index is 2000. The quantitative estimate of drug-likeness (QED) is 0.0554. The van der Waals surface area contributed by atoms with E-state index in [2.05, 4.69) is 31.6 Å². The molecule has 0 aliphatic heterocycles. The van der Waals surface area contributed by atoms with Crippen molar-refractivity contribution in [2.75, 3.05) is 12.5 Å². The van der Waals surface area contributed by atoms with Crippen LogP contribution in [-0.2, 0) is 11.2 Å². The summed E-state index contributed by atoms with van der Waals surface area (Å²) in [5.41, 5.74) is -13.1. The maximum Gasteiger partial charge on any atom is 0.200 e. The molecule has 5 aromatic carbocycles. The predicted octanol–water partition coefficient (Wildman–Crippen LogP) is 8.01. The van der Waals surface area contributed by atoms with E-state index in [0.29, 0.717) is 0 Å². The molecule has 0 spiro atoms. The molecule has 300 valence electrons. The third-order valence-corrected chi connectivity index (χ3v) is 8.52. The van der Waals surface area contributed by atoms with Crippen LogP contribution in [0.15, 0.2) is 24.3 Å². The lowest BCUT2D eigenvalue weighted by Gasteiger charge is -2.44. The number of halogens is 20. The Balaban J connectivity index is 0.000000544. The first-order valence-corrected chi connectivity index (χ1v) is 16.4. The number of rotatable bonds is 6. The van der Waals surface area contributed by atoms with Crippen molar-refractivity contribution in [1.82, 2.24) is 0 Å². The molecule has 5 rings (SSSR count). The Morgan fingerprint density at radius 3 is 0.679 bits per heavy atom. The standard InChI is InChI=1S/C24BF20.C9H13OS/c26-5-1(6(27)14(35)21(42)13(5)34)25(2-7(28)15(36)22(43)16(37)8(2)29,3-9(30)17(38)23(44)18(39)10(3)31)4-11(32)19(40)24(45)20(41)12(4)33;1-8-4-6-9(7-5-8)10-11(2)3/h;4-7H,1-3H3/q-1;+1. The van der Waals surface area contributed by atoms with Gasteiger partial charge in [0, 0.05) is 0 Å². The molecule has 1 nitrogen and oxygen atoms in total. The van der Waals surface area contributed by atoms with Gasteiger partial charge in [-0.3, -0.25) is 4.18 Å². The smallest absolute Gasteiger partial charge is 0.200 e. The fraction of sp³-hybridized carbons (Fsp3) is 0.0909. The van der Waals surface area contributed by atoms with E-state index >= 15 is 35.1 Å². The van der Waals surface area contributed by atoms with Gasteiger partial charge >= 0.3 is 0 Å². The highest BCUT2D eigenvalue weighted by atomic mass is 32.2. The fourth-order valence-corrected chi connectivity index (χ4v) is 6.16. The highest BCUT2D eigenvalue weighted by Crippen LogP contribution is 2.30. The molecule has 0 fully saturated rings. The second-order valence-electron chi connectivity index (χ2n) is 11.4. The number of benzene rings is 5. The van der Waals surface area contributed by atoms with Crippen molar-refractivity contribution in [2.45, 2.75) is 6.92 Å². The third-order valence-electron chi connectivity index (χ3n) is 7.99. The largest absolute Gasteiger partial charge is 0.287 e. The van der Waals surface area contributed by atoms with Gasteiger partial charge in [-0.15, -0.1) is 21.9 Å². The Kier molecular flexibility index (Phi) is 12.3. The molecule has 0 aliphatic rings. The van der Waals surface area contributed by atoms with Crippen molar-refractivity contribution in [3.63, 3.8) is 0 Å². The average Bonchev–Trinajstić information content (AvgIpc) is 3.15. The highest BCUT2D eigenvalue weighted by Gasteiger charge is 2.52. The maximum atomic E-state index is 15.4. The Morgan fingerprint density at radius 2 is 0.500 bits per heavy atom. The summed E-state index contributed by atoms with van der Waals surface area (Å²) in [5, 5.41) is 0. The minimum absolute atomic E-state index is 0.0268. The molecule has 0 bridgehead atoms. The molecule has 0 saturated carbocycles. The van der Waals surface area contributed by atoms with Gasteiger partial charge in [-0.2, -0.15) is 0 Å². The van der Waals surface area contributed by atoms with E-state index in [1.165, 1.54) is 5.56 Å². The summed E-state index contributed by atoms with van der Waals surface area (Å²) < 4.78 is 299. The van der Waals surface area contributed by atoms with E-state index in [-0.39, 0.29) is 11.2 Å². The first-order chi connectivity index (χ1) is 25.9. The minimum Gasteiger partial charge on any atom is -0.287 e. The highest BCUT2D eigenvalue weighted by molar-refractivity contribution is 7.91. The Labute approximate surface area is 302 Å². The average molecular weight is 848 g/mol. The SMILES string of the molecule is Cc1ccc(O[S+](C)C)cc1.Fc1c(F)c(F)c([B-](c2c(F)c(F)c(F)c(F)c2F)(c2c(F)c(F)c(F)c(F)c2F)c2c(F)c(F)c(F)c(F)c2F)c(F)c1F. The van der Waals surface area contributed by atoms with Gasteiger partial charge in [-0.1, -0.05) is 17.7 Å². The summed E-state index contributed by atoms with van der Waals surface area (Å²) in [6, 6.07) is 8.12. The van der Waals surface area contributed by atoms with Gasteiger partial charge in [0.05, 0.1) is 0 Å². The summed E-state index contributed by atoms with van der Waals surface area (Å²) in [4.78, 5) is 0. The number of hydrogen-bond acceptors (Lipinski definition) is 1. The summed E-state index contributed by atoms with van der Waals surface area (Å²) >= 11 is 0.0268. The van der Waals surface area contributed by atoms with Crippen LogP contribution in [0.4, 0.5) is 87.8 Å². The minimum atomic E-state index is -7.22. The second kappa shape index (κ2) is 15.8. The van der Waals surface area contributed by atoms with E-state index in [9.17, 15) is 52.7 Å². The molecule has 0 aromatic heterocycles. The summed E-state index contributed by atoms with van der Waals surface area (Å²) in [7, 11) is 0. The molecule has 0 saturated heterocycles. The van der Waals surface area contributed by atoms with Crippen LogP contribution in [-0.4, -0.2) is 18.7 Å². The second-order valence-corrected chi connectivity index (χ2v) is 13.1. The van der Waals surface area contributed by atoms with Crippen LogP contribution < -0.4 is 26.0 Å². The predicted molar refractivity (Wildman–Crippen MR) is 160 cm³/mol. The van der Waals surface area contributed by atoms with Gasteiger partial charge in [0.25, 0.3) is 0 Å². The zero-order valence-corrected chi connectivity index (χ0v) is 28.1. The lowest BCUT2D eigenvalue weighted by molar-refractivity contribution is 0.378. The van der Waals surface area contributed by atoms with E-state index < -0.39 is 144 Å². The van der Waals surface area contributed by atoms with E-state index in [1.807, 2.05) is 12.1 Å². The van der Waals surface area contributed by atoms with Gasteiger partial charge in [0.1, 0.15) is 65.2 Å². The Morgan fingerprint density at radius 1 is 0.321 bits per heavy atom. The molecule has 0 amide bonds. The molecule has 0 N–H and O–H groups in total. The molecule has 23 heteroatoms.